The molecule has 0 spiro atoms. The van der Waals surface area contributed by atoms with Gasteiger partial charge in [0.25, 0.3) is 0 Å². The van der Waals surface area contributed by atoms with Crippen molar-refractivity contribution in [3.05, 3.63) is 45.0 Å². The smallest absolute Gasteiger partial charge is 0.154 e. The highest BCUT2D eigenvalue weighted by Gasteiger charge is 2.23. The Morgan fingerprint density at radius 1 is 1.10 bits per heavy atom. The van der Waals surface area contributed by atoms with Gasteiger partial charge in [0.2, 0.25) is 0 Å². The Kier molecular flexibility index (Phi) is 9.40. The highest BCUT2D eigenvalue weighted by Crippen LogP contribution is 2.40. The minimum absolute atomic E-state index is 0.0813. The van der Waals surface area contributed by atoms with Crippen LogP contribution in [0.2, 0.25) is 5.02 Å². The molecule has 0 aromatic heterocycles. The molecule has 4 N–H and O–H groups in total. The number of hydrogen-bond donors (Lipinski definition) is 4. The summed E-state index contributed by atoms with van der Waals surface area (Å²) in [5.41, 5.74) is 1.83. The number of benzene rings is 1. The maximum absolute atomic E-state index is 11.2. The summed E-state index contributed by atoms with van der Waals surface area (Å²) in [6.45, 7) is 8.73. The van der Waals surface area contributed by atoms with Gasteiger partial charge in [-0.3, -0.25) is 4.79 Å². The van der Waals surface area contributed by atoms with Crippen molar-refractivity contribution in [2.75, 3.05) is 0 Å². The van der Waals surface area contributed by atoms with Crippen LogP contribution in [0.5, 0.6) is 11.5 Å². The summed E-state index contributed by atoms with van der Waals surface area (Å²) in [5, 5.41) is 40.2. The molecule has 0 amide bonds. The molecule has 1 atom stereocenters. The topological polar surface area (TPSA) is 98.0 Å². The standard InChI is InChI=1S/C23H33ClO5/c1-14(7-6-8-15(2)10-12-19(26)23(4,5)29)9-11-17-21(27)18(13-25)16(3)20(24)22(17)28/h8-9,13,19,26-29H,6-7,10-12H2,1-5H3. The Bertz CT molecular complexity index is 788. The normalized spacial score (nSPS) is 14.2. The first-order valence-electron chi connectivity index (χ1n) is 9.79. The largest absolute Gasteiger partial charge is 0.507 e. The minimum atomic E-state index is -1.10. The van der Waals surface area contributed by atoms with E-state index in [0.29, 0.717) is 24.7 Å². The Morgan fingerprint density at radius 3 is 2.24 bits per heavy atom. The highest BCUT2D eigenvalue weighted by molar-refractivity contribution is 6.33. The summed E-state index contributed by atoms with van der Waals surface area (Å²) in [6, 6.07) is 0. The predicted octanol–water partition coefficient (Wildman–Crippen LogP) is 5.00. The Balaban J connectivity index is 2.70. The van der Waals surface area contributed by atoms with Crippen LogP contribution in [0.4, 0.5) is 0 Å². The molecule has 0 aliphatic carbocycles. The van der Waals surface area contributed by atoms with E-state index < -0.39 is 11.7 Å². The van der Waals surface area contributed by atoms with E-state index in [0.717, 1.165) is 24.0 Å². The van der Waals surface area contributed by atoms with Gasteiger partial charge in [0.15, 0.2) is 6.29 Å². The lowest BCUT2D eigenvalue weighted by Gasteiger charge is -2.24. The van der Waals surface area contributed by atoms with Gasteiger partial charge in [0, 0.05) is 5.56 Å². The predicted molar refractivity (Wildman–Crippen MR) is 117 cm³/mol. The number of aromatic hydroxyl groups is 2. The molecule has 0 bridgehead atoms. The molecule has 1 aromatic carbocycles. The number of rotatable bonds is 10. The lowest BCUT2D eigenvalue weighted by Crippen LogP contribution is -2.35. The molecule has 6 heteroatoms. The molecule has 29 heavy (non-hydrogen) atoms. The number of allylic oxidation sites excluding steroid dienone is 4. The van der Waals surface area contributed by atoms with Gasteiger partial charge < -0.3 is 20.4 Å². The van der Waals surface area contributed by atoms with Crippen molar-refractivity contribution in [3.63, 3.8) is 0 Å². The van der Waals surface area contributed by atoms with Crippen LogP contribution < -0.4 is 0 Å². The van der Waals surface area contributed by atoms with E-state index in [1.807, 2.05) is 19.9 Å². The van der Waals surface area contributed by atoms with Crippen molar-refractivity contribution < 1.29 is 25.2 Å². The summed E-state index contributed by atoms with van der Waals surface area (Å²) < 4.78 is 0. The quantitative estimate of drug-likeness (QED) is 0.313. The number of aliphatic hydroxyl groups excluding tert-OH is 1. The lowest BCUT2D eigenvalue weighted by atomic mass is 9.95. The molecule has 0 fully saturated rings. The average Bonchev–Trinajstić information content (AvgIpc) is 2.64. The van der Waals surface area contributed by atoms with E-state index in [4.69, 9.17) is 11.6 Å². The summed E-state index contributed by atoms with van der Waals surface area (Å²) in [6.07, 6.45) is 6.89. The molecule has 0 radical (unpaired) electrons. The van der Waals surface area contributed by atoms with Crippen molar-refractivity contribution in [2.24, 2.45) is 0 Å². The van der Waals surface area contributed by atoms with E-state index in [2.05, 4.69) is 6.08 Å². The second-order valence-corrected chi connectivity index (χ2v) is 8.58. The van der Waals surface area contributed by atoms with Crippen molar-refractivity contribution in [2.45, 2.75) is 78.4 Å². The molecule has 1 rings (SSSR count). The van der Waals surface area contributed by atoms with Gasteiger partial charge in [0.05, 0.1) is 22.3 Å². The molecule has 1 unspecified atom stereocenters. The fraction of sp³-hybridized carbons (Fsp3) is 0.522. The average molecular weight is 425 g/mol. The SMILES string of the molecule is CC(=CCc1c(O)c(Cl)c(C)c(C=O)c1O)CCC=C(C)CCC(O)C(C)(C)O. The van der Waals surface area contributed by atoms with Crippen molar-refractivity contribution in [3.8, 4) is 11.5 Å². The second-order valence-electron chi connectivity index (χ2n) is 8.20. The molecular weight excluding hydrogens is 392 g/mol. The zero-order chi connectivity index (χ0) is 22.4. The van der Waals surface area contributed by atoms with E-state index in [1.54, 1.807) is 20.8 Å². The van der Waals surface area contributed by atoms with Crippen LogP contribution in [0.1, 0.15) is 74.9 Å². The second kappa shape index (κ2) is 10.8. The molecule has 162 valence electrons. The van der Waals surface area contributed by atoms with Crippen LogP contribution >= 0.6 is 11.6 Å². The Labute approximate surface area is 178 Å². The maximum Gasteiger partial charge on any atom is 0.154 e. The molecule has 0 saturated heterocycles. The van der Waals surface area contributed by atoms with Crippen molar-refractivity contribution >= 4 is 17.9 Å². The van der Waals surface area contributed by atoms with Gasteiger partial charge in [0.1, 0.15) is 11.5 Å². The first-order chi connectivity index (χ1) is 13.4. The number of phenolic OH excluding ortho intramolecular Hbond substituents is 2. The summed E-state index contributed by atoms with van der Waals surface area (Å²) in [7, 11) is 0. The fourth-order valence-corrected chi connectivity index (χ4v) is 3.18. The zero-order valence-corrected chi connectivity index (χ0v) is 18.7. The number of halogens is 1. The van der Waals surface area contributed by atoms with Gasteiger partial charge in [-0.25, -0.2) is 0 Å². The third-order valence-corrected chi connectivity index (χ3v) is 5.66. The van der Waals surface area contributed by atoms with Crippen molar-refractivity contribution in [1.82, 2.24) is 0 Å². The molecule has 0 aliphatic heterocycles. The molecule has 1 aromatic rings. The molecule has 0 aliphatic rings. The van der Waals surface area contributed by atoms with Gasteiger partial charge in [-0.2, -0.15) is 0 Å². The molecule has 5 nitrogen and oxygen atoms in total. The zero-order valence-electron chi connectivity index (χ0n) is 17.9. The number of phenols is 2. The Hall–Kier alpha value is -1.82. The summed E-state index contributed by atoms with van der Waals surface area (Å²) in [5.74, 6) is -0.429. The van der Waals surface area contributed by atoms with E-state index >= 15 is 0 Å². The maximum atomic E-state index is 11.2. The van der Waals surface area contributed by atoms with Crippen LogP contribution in [0, 0.1) is 6.92 Å². The van der Waals surface area contributed by atoms with E-state index in [9.17, 15) is 25.2 Å². The molecular formula is C23H33ClO5. The summed E-state index contributed by atoms with van der Waals surface area (Å²) >= 11 is 6.07. The van der Waals surface area contributed by atoms with Crippen LogP contribution in [-0.4, -0.2) is 38.4 Å². The van der Waals surface area contributed by atoms with Gasteiger partial charge >= 0.3 is 0 Å². The van der Waals surface area contributed by atoms with Gasteiger partial charge in [-0.1, -0.05) is 34.9 Å². The van der Waals surface area contributed by atoms with E-state index in [1.165, 1.54) is 0 Å². The number of aldehydes is 1. The van der Waals surface area contributed by atoms with Crippen LogP contribution in [0.3, 0.4) is 0 Å². The summed E-state index contributed by atoms with van der Waals surface area (Å²) in [4.78, 5) is 11.2. The third kappa shape index (κ3) is 7.18. The first kappa shape index (κ1) is 25.2. The lowest BCUT2D eigenvalue weighted by molar-refractivity contribution is -0.0509. The van der Waals surface area contributed by atoms with Crippen LogP contribution in [0.25, 0.3) is 0 Å². The first-order valence-corrected chi connectivity index (χ1v) is 10.2. The third-order valence-electron chi connectivity index (χ3n) is 5.20. The number of carbonyl (C=O) groups is 1. The fourth-order valence-electron chi connectivity index (χ4n) is 2.96. The monoisotopic (exact) mass is 424 g/mol. The highest BCUT2D eigenvalue weighted by atomic mass is 35.5. The van der Waals surface area contributed by atoms with Crippen molar-refractivity contribution in [1.29, 1.82) is 0 Å². The Morgan fingerprint density at radius 2 is 1.69 bits per heavy atom. The van der Waals surface area contributed by atoms with Gasteiger partial charge in [-0.15, -0.1) is 0 Å². The number of carbonyl (C=O) groups excluding carboxylic acids is 1. The van der Waals surface area contributed by atoms with Gasteiger partial charge in [-0.05, 0) is 72.3 Å². The molecule has 0 heterocycles. The van der Waals surface area contributed by atoms with Crippen LogP contribution in [-0.2, 0) is 6.42 Å². The number of aliphatic hydroxyl groups is 2. The minimum Gasteiger partial charge on any atom is -0.507 e. The molecule has 0 saturated carbocycles. The number of hydrogen-bond acceptors (Lipinski definition) is 5. The van der Waals surface area contributed by atoms with E-state index in [-0.39, 0.29) is 34.1 Å². The van der Waals surface area contributed by atoms with Crippen LogP contribution in [0.15, 0.2) is 23.3 Å².